The first kappa shape index (κ1) is 11.2. The van der Waals surface area contributed by atoms with Crippen molar-refractivity contribution < 1.29 is 4.79 Å². The number of nitrogens with zero attached hydrogens (tertiary/aromatic N) is 2. The molecule has 0 unspecified atom stereocenters. The van der Waals surface area contributed by atoms with Crippen LogP contribution in [0.4, 0.5) is 10.5 Å². The number of aromatic amines is 1. The van der Waals surface area contributed by atoms with Crippen molar-refractivity contribution in [2.45, 2.75) is 6.54 Å². The predicted octanol–water partition coefficient (Wildman–Crippen LogP) is 1.87. The van der Waals surface area contributed by atoms with Crippen LogP contribution in [0.15, 0.2) is 36.7 Å². The maximum atomic E-state index is 11.8. The molecule has 1 radical (unpaired) electrons. The lowest BCUT2D eigenvalue weighted by molar-refractivity contribution is 0.219. The first-order chi connectivity index (χ1) is 8.25. The van der Waals surface area contributed by atoms with E-state index in [0.717, 1.165) is 11.5 Å². The van der Waals surface area contributed by atoms with Gasteiger partial charge in [0, 0.05) is 25.1 Å². The highest BCUT2D eigenvalue weighted by atomic mass is 16.2. The Morgan fingerprint density at radius 2 is 2.29 bits per heavy atom. The van der Waals surface area contributed by atoms with E-state index in [1.165, 1.54) is 0 Å². The van der Waals surface area contributed by atoms with Crippen molar-refractivity contribution in [1.29, 1.82) is 0 Å². The van der Waals surface area contributed by atoms with Crippen LogP contribution in [-0.4, -0.2) is 27.9 Å². The minimum Gasteiger partial charge on any atom is -0.347 e. The highest BCUT2D eigenvalue weighted by molar-refractivity contribution is 5.88. The van der Waals surface area contributed by atoms with Gasteiger partial charge in [-0.25, -0.2) is 9.78 Å². The second kappa shape index (κ2) is 5.16. The summed E-state index contributed by atoms with van der Waals surface area (Å²) in [5.74, 6) is 0.754. The molecule has 1 aromatic carbocycles. The molecule has 0 saturated heterocycles. The van der Waals surface area contributed by atoms with E-state index in [0.29, 0.717) is 6.54 Å². The summed E-state index contributed by atoms with van der Waals surface area (Å²) < 4.78 is 0. The summed E-state index contributed by atoms with van der Waals surface area (Å²) in [6, 6.07) is 9.80. The first-order valence-corrected chi connectivity index (χ1v) is 5.22. The molecule has 0 fully saturated rings. The zero-order chi connectivity index (χ0) is 12.1. The van der Waals surface area contributed by atoms with Crippen molar-refractivity contribution in [2.75, 3.05) is 12.4 Å². The molecule has 2 rings (SSSR count). The normalized spacial score (nSPS) is 9.94. The molecular formula is C12H13N4O. The van der Waals surface area contributed by atoms with Crippen LogP contribution >= 0.6 is 0 Å². The van der Waals surface area contributed by atoms with Crippen LogP contribution in [0.2, 0.25) is 0 Å². The van der Waals surface area contributed by atoms with E-state index in [4.69, 9.17) is 0 Å². The predicted molar refractivity (Wildman–Crippen MR) is 64.4 cm³/mol. The van der Waals surface area contributed by atoms with Crippen LogP contribution in [0.25, 0.3) is 0 Å². The summed E-state index contributed by atoms with van der Waals surface area (Å²) in [4.78, 5) is 20.4. The van der Waals surface area contributed by atoms with Gasteiger partial charge in [0.25, 0.3) is 0 Å². The standard InChI is InChI=1S/C12H13N4O/c1-16(9-11-13-7-8-14-11)12(17)15-10-5-3-2-4-6-10/h3-8H,9H2,1H3,(H,13,14)(H,15,17). The van der Waals surface area contributed by atoms with E-state index < -0.39 is 0 Å². The van der Waals surface area contributed by atoms with E-state index in [1.54, 1.807) is 48.6 Å². The largest absolute Gasteiger partial charge is 0.347 e. The number of hydrogen-bond acceptors (Lipinski definition) is 2. The molecule has 0 aliphatic carbocycles. The van der Waals surface area contributed by atoms with Crippen LogP contribution in [0.1, 0.15) is 5.82 Å². The van der Waals surface area contributed by atoms with E-state index in [2.05, 4.69) is 21.4 Å². The van der Waals surface area contributed by atoms with Gasteiger partial charge < -0.3 is 15.2 Å². The van der Waals surface area contributed by atoms with Crippen LogP contribution in [0, 0.1) is 6.07 Å². The molecule has 0 atom stereocenters. The third-order valence-electron chi connectivity index (χ3n) is 2.26. The van der Waals surface area contributed by atoms with Crippen LogP contribution in [0.5, 0.6) is 0 Å². The Labute approximate surface area is 99.5 Å². The number of benzene rings is 1. The molecule has 5 nitrogen and oxygen atoms in total. The molecule has 2 amide bonds. The zero-order valence-electron chi connectivity index (χ0n) is 9.47. The van der Waals surface area contributed by atoms with Gasteiger partial charge in [-0.2, -0.15) is 0 Å². The average Bonchev–Trinajstić information content (AvgIpc) is 2.83. The summed E-state index contributed by atoms with van der Waals surface area (Å²) in [6.07, 6.45) is 3.39. The minimum absolute atomic E-state index is 0.174. The Bertz CT molecular complexity index is 467. The summed E-state index contributed by atoms with van der Waals surface area (Å²) in [7, 11) is 1.72. The summed E-state index contributed by atoms with van der Waals surface area (Å²) >= 11 is 0. The van der Waals surface area contributed by atoms with E-state index >= 15 is 0 Å². The monoisotopic (exact) mass is 229 g/mol. The van der Waals surface area contributed by atoms with E-state index in [9.17, 15) is 4.79 Å². The second-order valence-corrected chi connectivity index (χ2v) is 3.61. The van der Waals surface area contributed by atoms with Gasteiger partial charge in [-0.15, -0.1) is 0 Å². The van der Waals surface area contributed by atoms with Gasteiger partial charge in [0.1, 0.15) is 5.82 Å². The summed E-state index contributed by atoms with van der Waals surface area (Å²) in [6.45, 7) is 0.442. The molecular weight excluding hydrogens is 216 g/mol. The van der Waals surface area contributed by atoms with Crippen molar-refractivity contribution >= 4 is 11.7 Å². The molecule has 87 valence electrons. The topological polar surface area (TPSA) is 61.0 Å². The quantitative estimate of drug-likeness (QED) is 0.844. The van der Waals surface area contributed by atoms with Crippen molar-refractivity contribution in [1.82, 2.24) is 14.9 Å². The molecule has 2 aromatic rings. The van der Waals surface area contributed by atoms with Gasteiger partial charge in [0.05, 0.1) is 6.54 Å². The number of H-pyrrole nitrogens is 1. The van der Waals surface area contributed by atoms with Crippen LogP contribution in [0.3, 0.4) is 0 Å². The first-order valence-electron chi connectivity index (χ1n) is 5.22. The summed E-state index contributed by atoms with van der Waals surface area (Å²) in [5, 5.41) is 2.78. The zero-order valence-corrected chi connectivity index (χ0v) is 9.47. The number of urea groups is 1. The Kier molecular flexibility index (Phi) is 3.40. The third-order valence-corrected chi connectivity index (χ3v) is 2.26. The lowest BCUT2D eigenvalue weighted by Crippen LogP contribution is -2.31. The molecule has 17 heavy (non-hydrogen) atoms. The van der Waals surface area contributed by atoms with Crippen molar-refractivity contribution in [3.63, 3.8) is 0 Å². The molecule has 0 saturated carbocycles. The van der Waals surface area contributed by atoms with Crippen LogP contribution < -0.4 is 5.32 Å². The number of rotatable bonds is 3. The van der Waals surface area contributed by atoms with Gasteiger partial charge in [-0.05, 0) is 18.2 Å². The summed E-state index contributed by atoms with van der Waals surface area (Å²) in [5.41, 5.74) is 0.750. The molecule has 1 aromatic heterocycles. The smallest absolute Gasteiger partial charge is 0.321 e. The van der Waals surface area contributed by atoms with Crippen LogP contribution in [-0.2, 0) is 6.54 Å². The maximum absolute atomic E-state index is 11.8. The van der Waals surface area contributed by atoms with Crippen molar-refractivity contribution in [3.8, 4) is 0 Å². The van der Waals surface area contributed by atoms with Crippen molar-refractivity contribution in [3.05, 3.63) is 48.5 Å². The number of aromatic nitrogens is 2. The Balaban J connectivity index is 1.92. The molecule has 0 bridgehead atoms. The fourth-order valence-electron chi connectivity index (χ4n) is 1.37. The lowest BCUT2D eigenvalue weighted by atomic mass is 10.3. The number of anilines is 1. The van der Waals surface area contributed by atoms with Gasteiger partial charge in [0.2, 0.25) is 0 Å². The van der Waals surface area contributed by atoms with E-state index in [1.807, 2.05) is 0 Å². The Hall–Kier alpha value is -2.30. The number of hydrogen-bond donors (Lipinski definition) is 2. The number of carbonyl (C=O) groups excluding carboxylic acids is 1. The molecule has 0 spiro atoms. The molecule has 0 aliphatic heterocycles. The number of imidazole rings is 1. The highest BCUT2D eigenvalue weighted by Crippen LogP contribution is 2.06. The Morgan fingerprint density at radius 1 is 1.53 bits per heavy atom. The van der Waals surface area contributed by atoms with Gasteiger partial charge in [-0.3, -0.25) is 0 Å². The van der Waals surface area contributed by atoms with E-state index in [-0.39, 0.29) is 6.03 Å². The number of carbonyl (C=O) groups is 1. The van der Waals surface area contributed by atoms with Gasteiger partial charge >= 0.3 is 6.03 Å². The molecule has 2 N–H and O–H groups in total. The molecule has 0 aliphatic rings. The van der Waals surface area contributed by atoms with Gasteiger partial charge in [0.15, 0.2) is 0 Å². The lowest BCUT2D eigenvalue weighted by Gasteiger charge is -2.16. The highest BCUT2D eigenvalue weighted by Gasteiger charge is 2.09. The fraction of sp³-hybridized carbons (Fsp3) is 0.167. The average molecular weight is 229 g/mol. The maximum Gasteiger partial charge on any atom is 0.321 e. The molecule has 5 heteroatoms. The van der Waals surface area contributed by atoms with Gasteiger partial charge in [-0.1, -0.05) is 12.1 Å². The van der Waals surface area contributed by atoms with Crippen molar-refractivity contribution in [2.24, 2.45) is 0 Å². The number of nitrogens with one attached hydrogen (secondary N) is 2. The second-order valence-electron chi connectivity index (χ2n) is 3.61. The molecule has 1 heterocycles. The number of amides is 2. The Morgan fingerprint density at radius 3 is 2.94 bits per heavy atom. The third kappa shape index (κ3) is 3.07. The fourth-order valence-corrected chi connectivity index (χ4v) is 1.37. The SMILES string of the molecule is CN(Cc1ncc[nH]1)C(=O)Nc1cc[c]cc1. The minimum atomic E-state index is -0.174.